The van der Waals surface area contributed by atoms with Crippen molar-refractivity contribution in [1.29, 1.82) is 0 Å². The number of carbonyl (C=O) groups excluding carboxylic acids is 1. The van der Waals surface area contributed by atoms with Gasteiger partial charge >= 0.3 is 0 Å². The lowest BCUT2D eigenvalue weighted by Crippen LogP contribution is -2.38. The summed E-state index contributed by atoms with van der Waals surface area (Å²) >= 11 is 0. The van der Waals surface area contributed by atoms with E-state index in [1.807, 2.05) is 33.2 Å². The summed E-state index contributed by atoms with van der Waals surface area (Å²) in [5.74, 6) is 0.0641. The predicted molar refractivity (Wildman–Crippen MR) is 77.1 cm³/mol. The largest absolute Gasteiger partial charge is 0.353 e. The van der Waals surface area contributed by atoms with Crippen molar-refractivity contribution in [2.75, 3.05) is 0 Å². The van der Waals surface area contributed by atoms with Gasteiger partial charge < -0.3 is 5.32 Å². The fraction of sp³-hybridized carbons (Fsp3) is 0.625. The molecule has 0 bridgehead atoms. The van der Waals surface area contributed by atoms with Crippen LogP contribution in [0.25, 0.3) is 0 Å². The number of rotatable bonds is 3. The van der Waals surface area contributed by atoms with Gasteiger partial charge in [-0.2, -0.15) is 0 Å². The summed E-state index contributed by atoms with van der Waals surface area (Å²) in [6.07, 6.45) is 9.74. The van der Waals surface area contributed by atoms with E-state index in [1.54, 1.807) is 0 Å². The van der Waals surface area contributed by atoms with Gasteiger partial charge in [0.05, 0.1) is 5.92 Å². The van der Waals surface area contributed by atoms with Gasteiger partial charge in [0, 0.05) is 18.4 Å². The van der Waals surface area contributed by atoms with Crippen molar-refractivity contribution in [1.82, 2.24) is 10.3 Å². The van der Waals surface area contributed by atoms with E-state index in [1.165, 1.54) is 19.3 Å². The average Bonchev–Trinajstić information content (AvgIpc) is 2.39. The molecule has 1 atom stereocenters. The molecule has 1 aliphatic carbocycles. The summed E-state index contributed by atoms with van der Waals surface area (Å²) in [6, 6.07) is 0.381. The van der Waals surface area contributed by atoms with Crippen LogP contribution in [-0.4, -0.2) is 16.9 Å². The number of nitrogens with one attached hydrogen (secondary N) is 1. The van der Waals surface area contributed by atoms with E-state index >= 15 is 0 Å². The molecule has 1 amide bonds. The molecule has 1 aliphatic rings. The lowest BCUT2D eigenvalue weighted by atomic mass is 9.91. The second-order valence-corrected chi connectivity index (χ2v) is 5.75. The highest BCUT2D eigenvalue weighted by Gasteiger charge is 2.22. The van der Waals surface area contributed by atoms with E-state index in [4.69, 9.17) is 0 Å². The third-order valence-corrected chi connectivity index (χ3v) is 4.16. The average molecular weight is 260 g/mol. The maximum atomic E-state index is 12.4. The van der Waals surface area contributed by atoms with Crippen molar-refractivity contribution in [3.8, 4) is 0 Å². The first-order valence-corrected chi connectivity index (χ1v) is 7.31. The lowest BCUT2D eigenvalue weighted by molar-refractivity contribution is -0.123. The molecule has 0 aliphatic heterocycles. The van der Waals surface area contributed by atoms with Gasteiger partial charge in [-0.05, 0) is 50.3 Å². The molecule has 1 fully saturated rings. The smallest absolute Gasteiger partial charge is 0.227 e. The topological polar surface area (TPSA) is 42.0 Å². The zero-order valence-corrected chi connectivity index (χ0v) is 12.2. The van der Waals surface area contributed by atoms with Crippen LogP contribution >= 0.6 is 0 Å². The lowest BCUT2D eigenvalue weighted by Gasteiger charge is -2.25. The van der Waals surface area contributed by atoms with Gasteiger partial charge in [-0.15, -0.1) is 0 Å². The Morgan fingerprint density at radius 3 is 2.37 bits per heavy atom. The third-order valence-electron chi connectivity index (χ3n) is 4.16. The molecule has 0 spiro atoms. The number of hydrogen-bond acceptors (Lipinski definition) is 2. The van der Waals surface area contributed by atoms with Crippen molar-refractivity contribution in [2.24, 2.45) is 0 Å². The summed E-state index contributed by atoms with van der Waals surface area (Å²) in [5, 5.41) is 3.21. The van der Waals surface area contributed by atoms with E-state index in [0.717, 1.165) is 29.5 Å². The highest BCUT2D eigenvalue weighted by molar-refractivity contribution is 5.84. The summed E-state index contributed by atoms with van der Waals surface area (Å²) in [6.45, 7) is 6.05. The van der Waals surface area contributed by atoms with Crippen molar-refractivity contribution >= 4 is 5.91 Å². The number of hydrogen-bond donors (Lipinski definition) is 1. The van der Waals surface area contributed by atoms with Crippen LogP contribution < -0.4 is 5.32 Å². The van der Waals surface area contributed by atoms with Crippen molar-refractivity contribution in [3.63, 3.8) is 0 Å². The molecule has 0 saturated heterocycles. The summed E-state index contributed by atoms with van der Waals surface area (Å²) in [4.78, 5) is 16.6. The van der Waals surface area contributed by atoms with E-state index in [9.17, 15) is 4.79 Å². The van der Waals surface area contributed by atoms with Gasteiger partial charge in [0.2, 0.25) is 5.91 Å². The second-order valence-electron chi connectivity index (χ2n) is 5.75. The van der Waals surface area contributed by atoms with Gasteiger partial charge in [0.25, 0.3) is 0 Å². The molecule has 1 heterocycles. The zero-order chi connectivity index (χ0) is 13.8. The Morgan fingerprint density at radius 1 is 1.21 bits per heavy atom. The molecular weight excluding hydrogens is 236 g/mol. The molecule has 3 nitrogen and oxygen atoms in total. The molecule has 0 radical (unpaired) electrons. The summed E-state index contributed by atoms with van der Waals surface area (Å²) < 4.78 is 0. The Labute approximate surface area is 115 Å². The SMILES string of the molecule is Cc1cncc(C)c1C(C)C(=O)NC1CCCCC1. The monoisotopic (exact) mass is 260 g/mol. The first kappa shape index (κ1) is 14.0. The van der Waals surface area contributed by atoms with Gasteiger partial charge in [-0.3, -0.25) is 9.78 Å². The van der Waals surface area contributed by atoms with Gasteiger partial charge in [-0.25, -0.2) is 0 Å². The predicted octanol–water partition coefficient (Wildman–Crippen LogP) is 3.25. The summed E-state index contributed by atoms with van der Waals surface area (Å²) in [7, 11) is 0. The maximum Gasteiger partial charge on any atom is 0.227 e. The number of amides is 1. The molecule has 2 rings (SSSR count). The van der Waals surface area contributed by atoms with Gasteiger partial charge in [-0.1, -0.05) is 19.3 Å². The minimum atomic E-state index is -0.0927. The van der Waals surface area contributed by atoms with Crippen LogP contribution in [0.3, 0.4) is 0 Å². The molecule has 104 valence electrons. The molecule has 3 heteroatoms. The molecular formula is C16H24N2O. The van der Waals surface area contributed by atoms with Crippen LogP contribution in [0.4, 0.5) is 0 Å². The Balaban J connectivity index is 2.06. The first-order chi connectivity index (χ1) is 9.09. The number of carbonyl (C=O) groups is 1. The summed E-state index contributed by atoms with van der Waals surface area (Å²) in [5.41, 5.74) is 3.33. The van der Waals surface area contributed by atoms with Crippen molar-refractivity contribution in [3.05, 3.63) is 29.1 Å². The molecule has 19 heavy (non-hydrogen) atoms. The number of aryl methyl sites for hydroxylation is 2. The molecule has 1 saturated carbocycles. The van der Waals surface area contributed by atoms with E-state index in [0.29, 0.717) is 6.04 Å². The maximum absolute atomic E-state index is 12.4. The van der Waals surface area contributed by atoms with Crippen LogP contribution in [0.15, 0.2) is 12.4 Å². The number of aromatic nitrogens is 1. The van der Waals surface area contributed by atoms with Gasteiger partial charge in [0.15, 0.2) is 0 Å². The Bertz CT molecular complexity index is 430. The Morgan fingerprint density at radius 2 is 1.79 bits per heavy atom. The molecule has 1 unspecified atom stereocenters. The van der Waals surface area contributed by atoms with Crippen molar-refractivity contribution < 1.29 is 4.79 Å². The van der Waals surface area contributed by atoms with Crippen LogP contribution in [0.2, 0.25) is 0 Å². The molecule has 1 aromatic heterocycles. The van der Waals surface area contributed by atoms with E-state index < -0.39 is 0 Å². The van der Waals surface area contributed by atoms with Crippen LogP contribution in [0.5, 0.6) is 0 Å². The third kappa shape index (κ3) is 3.34. The highest BCUT2D eigenvalue weighted by Crippen LogP contribution is 2.24. The fourth-order valence-corrected chi connectivity index (χ4v) is 3.10. The minimum Gasteiger partial charge on any atom is -0.353 e. The standard InChI is InChI=1S/C16H24N2O/c1-11-9-17-10-12(2)15(11)13(3)16(19)18-14-7-5-4-6-8-14/h9-10,13-14H,4-8H2,1-3H3,(H,18,19). The first-order valence-electron chi connectivity index (χ1n) is 7.31. The normalized spacial score (nSPS) is 18.1. The molecule has 1 aromatic rings. The van der Waals surface area contributed by atoms with Crippen LogP contribution in [-0.2, 0) is 4.79 Å². The second kappa shape index (κ2) is 6.18. The highest BCUT2D eigenvalue weighted by atomic mass is 16.1. The Kier molecular flexibility index (Phi) is 4.56. The minimum absolute atomic E-state index is 0.0927. The molecule has 0 aromatic carbocycles. The number of nitrogens with zero attached hydrogens (tertiary/aromatic N) is 1. The zero-order valence-electron chi connectivity index (χ0n) is 12.2. The number of pyridine rings is 1. The van der Waals surface area contributed by atoms with Crippen LogP contribution in [0.1, 0.15) is 61.6 Å². The van der Waals surface area contributed by atoms with Gasteiger partial charge in [0.1, 0.15) is 0 Å². The van der Waals surface area contributed by atoms with E-state index in [-0.39, 0.29) is 11.8 Å². The van der Waals surface area contributed by atoms with Crippen molar-refractivity contribution in [2.45, 2.75) is 64.8 Å². The fourth-order valence-electron chi connectivity index (χ4n) is 3.10. The van der Waals surface area contributed by atoms with E-state index in [2.05, 4.69) is 10.3 Å². The Hall–Kier alpha value is -1.38. The quantitative estimate of drug-likeness (QED) is 0.906. The van der Waals surface area contributed by atoms with Crippen LogP contribution in [0, 0.1) is 13.8 Å². The molecule has 1 N–H and O–H groups in total.